The maximum absolute atomic E-state index is 12.5. The van der Waals surface area contributed by atoms with E-state index in [9.17, 15) is 22.8 Å². The molecular formula is C18H19F3N4O3. The summed E-state index contributed by atoms with van der Waals surface area (Å²) < 4.78 is 42.4. The molecule has 3 amide bonds. The number of aromatic nitrogens is 1. The molecule has 2 aromatic rings. The standard InChI is InChI=1S/C18H19F3N4O3/c1-28-15-7-2-12(10-24-15)11-25-17(27)23-9-8-22-16(26)13-3-5-14(6-4-13)18(19,20)21/h2-7,10H,8-9,11H2,1H3,(H,22,26)(H2,23,25,27). The SMILES string of the molecule is COc1ccc(CNC(=O)NCCNC(=O)c2ccc(C(F)(F)F)cc2)cn1. The lowest BCUT2D eigenvalue weighted by Crippen LogP contribution is -2.40. The maximum Gasteiger partial charge on any atom is 0.416 e. The molecule has 0 spiro atoms. The highest BCUT2D eigenvalue weighted by atomic mass is 19.4. The molecule has 0 unspecified atom stereocenters. The maximum atomic E-state index is 12.5. The van der Waals surface area contributed by atoms with Gasteiger partial charge in [0.1, 0.15) is 0 Å². The number of rotatable bonds is 7. The highest BCUT2D eigenvalue weighted by Gasteiger charge is 2.30. The van der Waals surface area contributed by atoms with Crippen LogP contribution in [0, 0.1) is 0 Å². The van der Waals surface area contributed by atoms with Crippen LogP contribution in [0.2, 0.25) is 0 Å². The predicted molar refractivity (Wildman–Crippen MR) is 94.8 cm³/mol. The minimum atomic E-state index is -4.45. The second kappa shape index (κ2) is 9.58. The Hall–Kier alpha value is -3.30. The average Bonchev–Trinajstić information content (AvgIpc) is 2.69. The van der Waals surface area contributed by atoms with Crippen LogP contribution < -0.4 is 20.7 Å². The number of nitrogens with one attached hydrogen (secondary N) is 3. The quantitative estimate of drug-likeness (QED) is 0.627. The van der Waals surface area contributed by atoms with Crippen molar-refractivity contribution >= 4 is 11.9 Å². The molecule has 3 N–H and O–H groups in total. The third kappa shape index (κ3) is 6.45. The average molecular weight is 396 g/mol. The highest BCUT2D eigenvalue weighted by molar-refractivity contribution is 5.94. The second-order valence-electron chi connectivity index (χ2n) is 5.65. The minimum absolute atomic E-state index is 0.101. The highest BCUT2D eigenvalue weighted by Crippen LogP contribution is 2.29. The number of amides is 3. The summed E-state index contributed by atoms with van der Waals surface area (Å²) in [5.74, 6) is -0.0581. The normalized spacial score (nSPS) is 10.9. The topological polar surface area (TPSA) is 92.4 Å². The van der Waals surface area contributed by atoms with Crippen molar-refractivity contribution in [1.82, 2.24) is 20.9 Å². The molecule has 0 atom stereocenters. The number of alkyl halides is 3. The first-order chi connectivity index (χ1) is 13.3. The van der Waals surface area contributed by atoms with Crippen LogP contribution in [0.15, 0.2) is 42.6 Å². The monoisotopic (exact) mass is 396 g/mol. The van der Waals surface area contributed by atoms with Gasteiger partial charge in [0.05, 0.1) is 12.7 Å². The fraction of sp³-hybridized carbons (Fsp3) is 0.278. The fourth-order valence-corrected chi connectivity index (χ4v) is 2.15. The number of benzene rings is 1. The van der Waals surface area contributed by atoms with Crippen LogP contribution in [0.1, 0.15) is 21.5 Å². The molecule has 0 fully saturated rings. The third-order valence-electron chi connectivity index (χ3n) is 3.63. The molecule has 7 nitrogen and oxygen atoms in total. The molecule has 2 rings (SSSR count). The van der Waals surface area contributed by atoms with E-state index in [1.807, 2.05) is 0 Å². The molecule has 150 valence electrons. The van der Waals surface area contributed by atoms with Gasteiger partial charge in [0.15, 0.2) is 0 Å². The van der Waals surface area contributed by atoms with Crippen molar-refractivity contribution in [3.63, 3.8) is 0 Å². The summed E-state index contributed by atoms with van der Waals surface area (Å²) in [6, 6.07) is 6.88. The van der Waals surface area contributed by atoms with E-state index in [4.69, 9.17) is 4.74 Å². The third-order valence-corrected chi connectivity index (χ3v) is 3.63. The molecule has 0 aliphatic carbocycles. The number of nitrogens with zero attached hydrogens (tertiary/aromatic N) is 1. The van der Waals surface area contributed by atoms with Gasteiger partial charge in [0.25, 0.3) is 5.91 Å². The van der Waals surface area contributed by atoms with Crippen LogP contribution in [0.5, 0.6) is 5.88 Å². The number of carbonyl (C=O) groups excluding carboxylic acids is 2. The molecule has 1 aromatic carbocycles. The summed E-state index contributed by atoms with van der Waals surface area (Å²) in [6.45, 7) is 0.539. The van der Waals surface area contributed by atoms with Gasteiger partial charge >= 0.3 is 12.2 Å². The summed E-state index contributed by atoms with van der Waals surface area (Å²) in [5.41, 5.74) is 0.0606. The van der Waals surface area contributed by atoms with Crippen molar-refractivity contribution in [2.45, 2.75) is 12.7 Å². The molecule has 0 saturated carbocycles. The summed E-state index contributed by atoms with van der Waals surface area (Å²) >= 11 is 0. The van der Waals surface area contributed by atoms with E-state index in [-0.39, 0.29) is 25.2 Å². The molecule has 10 heteroatoms. The van der Waals surface area contributed by atoms with Gasteiger partial charge in [0, 0.05) is 37.5 Å². The van der Waals surface area contributed by atoms with E-state index < -0.39 is 23.7 Å². The molecule has 28 heavy (non-hydrogen) atoms. The molecule has 1 heterocycles. The van der Waals surface area contributed by atoms with Crippen molar-refractivity contribution in [2.24, 2.45) is 0 Å². The van der Waals surface area contributed by atoms with E-state index in [1.165, 1.54) is 7.11 Å². The van der Waals surface area contributed by atoms with Gasteiger partial charge in [-0.3, -0.25) is 4.79 Å². The van der Waals surface area contributed by atoms with Crippen LogP contribution in [0.25, 0.3) is 0 Å². The van der Waals surface area contributed by atoms with E-state index in [1.54, 1.807) is 18.3 Å². The van der Waals surface area contributed by atoms with E-state index in [0.717, 1.165) is 29.8 Å². The molecule has 0 radical (unpaired) electrons. The summed E-state index contributed by atoms with van der Waals surface area (Å²) in [6.07, 6.45) is -2.88. The number of hydrogen-bond donors (Lipinski definition) is 3. The fourth-order valence-electron chi connectivity index (χ4n) is 2.15. The van der Waals surface area contributed by atoms with Crippen LogP contribution in [0.4, 0.5) is 18.0 Å². The van der Waals surface area contributed by atoms with Gasteiger partial charge in [-0.1, -0.05) is 6.07 Å². The Balaban J connectivity index is 1.67. The van der Waals surface area contributed by atoms with Crippen LogP contribution in [-0.2, 0) is 12.7 Å². The lowest BCUT2D eigenvalue weighted by atomic mass is 10.1. The minimum Gasteiger partial charge on any atom is -0.481 e. The van der Waals surface area contributed by atoms with Gasteiger partial charge in [-0.15, -0.1) is 0 Å². The van der Waals surface area contributed by atoms with Crippen molar-refractivity contribution in [3.8, 4) is 5.88 Å². The summed E-state index contributed by atoms with van der Waals surface area (Å²) in [4.78, 5) is 27.6. The Kier molecular flexibility index (Phi) is 7.19. The second-order valence-corrected chi connectivity index (χ2v) is 5.65. The molecule has 1 aromatic heterocycles. The van der Waals surface area contributed by atoms with Gasteiger partial charge < -0.3 is 20.7 Å². The Bertz CT molecular complexity index is 793. The number of pyridine rings is 1. The number of ether oxygens (including phenoxy) is 1. The van der Waals surface area contributed by atoms with E-state index in [2.05, 4.69) is 20.9 Å². The van der Waals surface area contributed by atoms with Crippen molar-refractivity contribution < 1.29 is 27.5 Å². The Labute approximate surface area is 159 Å². The van der Waals surface area contributed by atoms with Gasteiger partial charge in [-0.2, -0.15) is 13.2 Å². The molecule has 0 saturated heterocycles. The first-order valence-electron chi connectivity index (χ1n) is 8.25. The zero-order chi connectivity index (χ0) is 20.6. The summed E-state index contributed by atoms with van der Waals surface area (Å²) in [5, 5.41) is 7.69. The first-order valence-corrected chi connectivity index (χ1v) is 8.25. The lowest BCUT2D eigenvalue weighted by Gasteiger charge is -2.10. The van der Waals surface area contributed by atoms with E-state index in [0.29, 0.717) is 5.88 Å². The van der Waals surface area contributed by atoms with E-state index >= 15 is 0 Å². The number of carbonyl (C=O) groups is 2. The number of halogens is 3. The number of urea groups is 1. The van der Waals surface area contributed by atoms with Crippen molar-refractivity contribution in [3.05, 3.63) is 59.3 Å². The largest absolute Gasteiger partial charge is 0.481 e. The van der Waals surface area contributed by atoms with Gasteiger partial charge in [-0.05, 0) is 29.8 Å². The molecule has 0 bridgehead atoms. The van der Waals surface area contributed by atoms with Gasteiger partial charge in [-0.25, -0.2) is 9.78 Å². The zero-order valence-electron chi connectivity index (χ0n) is 15.0. The first kappa shape index (κ1) is 21.0. The molecule has 0 aliphatic rings. The Morgan fingerprint density at radius 3 is 2.25 bits per heavy atom. The smallest absolute Gasteiger partial charge is 0.416 e. The van der Waals surface area contributed by atoms with Crippen LogP contribution in [-0.4, -0.2) is 37.1 Å². The van der Waals surface area contributed by atoms with Gasteiger partial charge in [0.2, 0.25) is 5.88 Å². The molecular weight excluding hydrogens is 377 g/mol. The van der Waals surface area contributed by atoms with Crippen molar-refractivity contribution in [2.75, 3.05) is 20.2 Å². The van der Waals surface area contributed by atoms with Crippen LogP contribution in [0.3, 0.4) is 0 Å². The molecule has 0 aliphatic heterocycles. The van der Waals surface area contributed by atoms with Crippen molar-refractivity contribution in [1.29, 1.82) is 0 Å². The Morgan fingerprint density at radius 1 is 1.00 bits per heavy atom. The Morgan fingerprint density at radius 2 is 1.68 bits per heavy atom. The lowest BCUT2D eigenvalue weighted by molar-refractivity contribution is -0.137. The summed E-state index contributed by atoms with van der Waals surface area (Å²) in [7, 11) is 1.50. The zero-order valence-corrected chi connectivity index (χ0v) is 15.0. The number of hydrogen-bond acceptors (Lipinski definition) is 4. The number of methoxy groups -OCH3 is 1. The van der Waals surface area contributed by atoms with Crippen LogP contribution >= 0.6 is 0 Å². The predicted octanol–water partition coefficient (Wildman–Crippen LogP) is 2.34.